The molecule has 3 rings (SSSR count). The number of fused-ring (bicyclic) bond motifs is 1. The molecule has 0 heterocycles. The fourth-order valence-electron chi connectivity index (χ4n) is 2.58. The number of methoxy groups -OCH3 is 1. The van der Waals surface area contributed by atoms with Crippen molar-refractivity contribution in [2.45, 2.75) is 17.3 Å². The summed E-state index contributed by atoms with van der Waals surface area (Å²) in [6.07, 6.45) is 1.44. The van der Waals surface area contributed by atoms with E-state index >= 15 is 0 Å². The third-order valence-electron chi connectivity index (χ3n) is 3.40. The van der Waals surface area contributed by atoms with Gasteiger partial charge in [0.25, 0.3) is 0 Å². The van der Waals surface area contributed by atoms with Crippen LogP contribution >= 0.6 is 0 Å². The summed E-state index contributed by atoms with van der Waals surface area (Å²) in [4.78, 5) is 0.627. The van der Waals surface area contributed by atoms with Crippen molar-refractivity contribution in [3.8, 4) is 0 Å². The number of hydrogen-bond donors (Lipinski definition) is 0. The molecule has 1 aliphatic carbocycles. The van der Waals surface area contributed by atoms with Crippen molar-refractivity contribution >= 4 is 19.4 Å². The Bertz CT molecular complexity index is 524. The predicted octanol–water partition coefficient (Wildman–Crippen LogP) is 2.75. The first-order chi connectivity index (χ1) is 8.88. The number of benzene rings is 2. The maximum atomic E-state index is 5.74. The summed E-state index contributed by atoms with van der Waals surface area (Å²) in [6, 6.07) is 19.5. The number of rotatable bonds is 3. The Balaban J connectivity index is 1.83. The van der Waals surface area contributed by atoms with Crippen molar-refractivity contribution in [1.82, 2.24) is 0 Å². The van der Waals surface area contributed by atoms with Crippen LogP contribution in [0, 0.1) is 0 Å². The monoisotopic (exact) mass is 304 g/mol. The van der Waals surface area contributed by atoms with Crippen molar-refractivity contribution in [3.63, 3.8) is 0 Å². The molecule has 92 valence electrons. The molecule has 0 spiro atoms. The average Bonchev–Trinajstić information content (AvgIpc) is 2.77. The van der Waals surface area contributed by atoms with Gasteiger partial charge in [0, 0.05) is 0 Å². The van der Waals surface area contributed by atoms with E-state index in [-0.39, 0.29) is 6.10 Å². The van der Waals surface area contributed by atoms with Crippen LogP contribution in [0.25, 0.3) is 0 Å². The zero-order valence-corrected chi connectivity index (χ0v) is 12.1. The van der Waals surface area contributed by atoms with Crippen LogP contribution in [-0.4, -0.2) is 22.1 Å². The van der Waals surface area contributed by atoms with Gasteiger partial charge in [-0.15, -0.1) is 0 Å². The van der Waals surface area contributed by atoms with Gasteiger partial charge >= 0.3 is 114 Å². The van der Waals surface area contributed by atoms with E-state index in [0.717, 1.165) is 6.42 Å². The Labute approximate surface area is 114 Å². The van der Waals surface area contributed by atoms with Crippen LogP contribution < -0.4 is 4.46 Å². The van der Waals surface area contributed by atoms with E-state index in [1.54, 1.807) is 0 Å². The third kappa shape index (κ3) is 2.24. The average molecular weight is 303 g/mol. The normalized spacial score (nSPS) is 21.8. The van der Waals surface area contributed by atoms with Gasteiger partial charge in [0.15, 0.2) is 0 Å². The van der Waals surface area contributed by atoms with Gasteiger partial charge in [0.2, 0.25) is 0 Å². The molecule has 0 radical (unpaired) electrons. The van der Waals surface area contributed by atoms with Gasteiger partial charge in [-0.1, -0.05) is 0 Å². The summed E-state index contributed by atoms with van der Waals surface area (Å²) >= 11 is 0.473. The molecule has 0 saturated carbocycles. The Morgan fingerprint density at radius 3 is 2.50 bits per heavy atom. The van der Waals surface area contributed by atoms with Crippen LogP contribution in [0.15, 0.2) is 54.6 Å². The van der Waals surface area contributed by atoms with E-state index in [1.807, 2.05) is 7.11 Å². The van der Waals surface area contributed by atoms with E-state index in [1.165, 1.54) is 15.6 Å². The zero-order chi connectivity index (χ0) is 12.4. The second kappa shape index (κ2) is 5.27. The van der Waals surface area contributed by atoms with Crippen molar-refractivity contribution < 1.29 is 4.74 Å². The molecule has 18 heavy (non-hydrogen) atoms. The zero-order valence-electron chi connectivity index (χ0n) is 10.4. The van der Waals surface area contributed by atoms with E-state index in [4.69, 9.17) is 4.74 Å². The van der Waals surface area contributed by atoms with Crippen LogP contribution in [0.2, 0.25) is 4.82 Å². The summed E-state index contributed by atoms with van der Waals surface area (Å²) in [5, 5.41) is 0. The van der Waals surface area contributed by atoms with Crippen molar-refractivity contribution in [2.75, 3.05) is 7.11 Å². The van der Waals surface area contributed by atoms with Crippen molar-refractivity contribution in [3.05, 3.63) is 65.7 Å². The molecule has 2 aromatic carbocycles. The number of hydrogen-bond acceptors (Lipinski definition) is 1. The summed E-state index contributed by atoms with van der Waals surface area (Å²) in [5.74, 6) is 0. The molecule has 0 N–H and O–H groups in total. The Morgan fingerprint density at radius 2 is 1.72 bits per heavy atom. The predicted molar refractivity (Wildman–Crippen MR) is 75.5 cm³/mol. The third-order valence-corrected chi connectivity index (χ3v) is 6.05. The molecule has 0 aliphatic heterocycles. The maximum absolute atomic E-state index is 5.74. The fourth-order valence-corrected chi connectivity index (χ4v) is 5.32. The van der Waals surface area contributed by atoms with E-state index < -0.39 is 0 Å². The summed E-state index contributed by atoms with van der Waals surface area (Å²) in [6.45, 7) is 0. The van der Waals surface area contributed by atoms with Gasteiger partial charge in [0.1, 0.15) is 0 Å². The van der Waals surface area contributed by atoms with Crippen LogP contribution in [0.1, 0.15) is 17.2 Å². The summed E-state index contributed by atoms with van der Waals surface area (Å²) in [7, 11) is 1.83. The number of ether oxygens (including phenoxy) is 1. The quantitative estimate of drug-likeness (QED) is 0.792. The molecule has 0 fully saturated rings. The van der Waals surface area contributed by atoms with E-state index in [0.29, 0.717) is 19.8 Å². The molecule has 1 nitrogen and oxygen atoms in total. The van der Waals surface area contributed by atoms with Gasteiger partial charge in [-0.25, -0.2) is 0 Å². The Hall–Kier alpha value is -1.08. The van der Waals surface area contributed by atoms with Crippen LogP contribution in [-0.2, 0) is 11.2 Å². The first-order valence-electron chi connectivity index (χ1n) is 6.21. The first kappa shape index (κ1) is 12.0. The molecule has 0 aromatic heterocycles. The standard InChI is InChI=1S/C16H16OSe/c1-17-16-14-10-6-5-7-12(14)11-15(16)18-13-8-3-2-4-9-13/h2-10,15-16H,11H2,1H3. The first-order valence-corrected chi connectivity index (χ1v) is 8.05. The molecule has 2 aromatic rings. The second-order valence-corrected chi connectivity index (χ2v) is 7.28. The van der Waals surface area contributed by atoms with Crippen molar-refractivity contribution in [2.24, 2.45) is 0 Å². The molecule has 2 heteroatoms. The molecule has 0 saturated heterocycles. The van der Waals surface area contributed by atoms with E-state index in [2.05, 4.69) is 54.6 Å². The van der Waals surface area contributed by atoms with Gasteiger partial charge in [-0.05, 0) is 0 Å². The minimum absolute atomic E-state index is 0.279. The molecule has 1 aliphatic rings. The van der Waals surface area contributed by atoms with Gasteiger partial charge < -0.3 is 0 Å². The second-order valence-electron chi connectivity index (χ2n) is 4.53. The topological polar surface area (TPSA) is 9.23 Å². The fraction of sp³-hybridized carbons (Fsp3) is 0.250. The van der Waals surface area contributed by atoms with Crippen molar-refractivity contribution in [1.29, 1.82) is 0 Å². The summed E-state index contributed by atoms with van der Waals surface area (Å²) < 4.78 is 7.20. The van der Waals surface area contributed by atoms with Gasteiger partial charge in [-0.2, -0.15) is 0 Å². The molecular weight excluding hydrogens is 287 g/mol. The summed E-state index contributed by atoms with van der Waals surface area (Å²) in [5.41, 5.74) is 2.86. The molecule has 0 bridgehead atoms. The minimum atomic E-state index is 0.279. The van der Waals surface area contributed by atoms with Gasteiger partial charge in [0.05, 0.1) is 0 Å². The molecular formula is C16H16OSe. The SMILES string of the molecule is COC1c2ccccc2CC1[Se]c1ccccc1. The molecule has 2 atom stereocenters. The van der Waals surface area contributed by atoms with Gasteiger partial charge in [-0.3, -0.25) is 0 Å². The van der Waals surface area contributed by atoms with Crippen LogP contribution in [0.3, 0.4) is 0 Å². The molecule has 2 unspecified atom stereocenters. The Kier molecular flexibility index (Phi) is 3.51. The van der Waals surface area contributed by atoms with E-state index in [9.17, 15) is 0 Å². The van der Waals surface area contributed by atoms with Crippen LogP contribution in [0.4, 0.5) is 0 Å². The molecule has 0 amide bonds. The van der Waals surface area contributed by atoms with Crippen LogP contribution in [0.5, 0.6) is 0 Å². The Morgan fingerprint density at radius 1 is 1.00 bits per heavy atom.